The number of ketones is 1. The largest absolute Gasteiger partial charge is 0.459 e. The van der Waals surface area contributed by atoms with Gasteiger partial charge in [0.05, 0.1) is 24.9 Å². The van der Waals surface area contributed by atoms with E-state index in [-0.39, 0.29) is 24.4 Å². The summed E-state index contributed by atoms with van der Waals surface area (Å²) in [5.74, 6) is -0.727. The van der Waals surface area contributed by atoms with Gasteiger partial charge in [0.2, 0.25) is 0 Å². The molecule has 222 valence electrons. The summed E-state index contributed by atoms with van der Waals surface area (Å²) in [7, 11) is 4.04. The maximum Gasteiger partial charge on any atom is 0.336 e. The van der Waals surface area contributed by atoms with Gasteiger partial charge in [0.15, 0.2) is 5.78 Å². The van der Waals surface area contributed by atoms with Crippen LogP contribution in [-0.4, -0.2) is 71.5 Å². The molecule has 3 aliphatic heterocycles. The third-order valence-corrected chi connectivity index (χ3v) is 8.96. The molecule has 0 saturated carbocycles. The van der Waals surface area contributed by atoms with E-state index in [1.165, 1.54) is 0 Å². The molecule has 0 spiro atoms. The van der Waals surface area contributed by atoms with Gasteiger partial charge in [-0.05, 0) is 67.5 Å². The van der Waals surface area contributed by atoms with E-state index >= 15 is 0 Å². The fraction of sp³-hybridized carbons (Fsp3) is 0.471. The number of rotatable bonds is 7. The number of dihydropyridines is 1. The van der Waals surface area contributed by atoms with Crippen LogP contribution in [0.5, 0.6) is 0 Å². The molecule has 2 fully saturated rings. The second-order valence-electron chi connectivity index (χ2n) is 11.9. The number of nitrogens with one attached hydrogen (secondary N) is 1. The zero-order chi connectivity index (χ0) is 29.2. The predicted octanol–water partition coefficient (Wildman–Crippen LogP) is 4.67. The van der Waals surface area contributed by atoms with Crippen molar-refractivity contribution in [3.05, 3.63) is 82.2 Å². The van der Waals surface area contributed by atoms with Crippen LogP contribution in [-0.2, 0) is 23.8 Å². The van der Waals surface area contributed by atoms with E-state index in [1.807, 2.05) is 21.0 Å². The monoisotopic (exact) mass is 571 g/mol. The first-order valence-corrected chi connectivity index (χ1v) is 15.1. The number of morpholine rings is 1. The molecule has 8 nitrogen and oxygen atoms in total. The number of Topliss-reactive ketones (excluding diaryl/α,β-unsaturated/α-hetero) is 1. The second-order valence-corrected chi connectivity index (χ2v) is 11.9. The summed E-state index contributed by atoms with van der Waals surface area (Å²) in [5, 5.41) is 3.48. The molecule has 6 rings (SSSR count). The molecule has 0 radical (unpaired) electrons. The van der Waals surface area contributed by atoms with Crippen LogP contribution in [0.4, 0.5) is 11.4 Å². The maximum atomic E-state index is 14.0. The average Bonchev–Trinajstić information content (AvgIpc) is 3.53. The fourth-order valence-electron chi connectivity index (χ4n) is 6.64. The molecule has 0 amide bonds. The lowest BCUT2D eigenvalue weighted by Gasteiger charge is -2.37. The molecule has 0 unspecified atom stereocenters. The van der Waals surface area contributed by atoms with Crippen molar-refractivity contribution in [2.24, 2.45) is 0 Å². The third kappa shape index (κ3) is 5.83. The van der Waals surface area contributed by atoms with Crippen molar-refractivity contribution in [3.63, 3.8) is 0 Å². The Morgan fingerprint density at radius 1 is 1.00 bits per heavy atom. The molecule has 1 aliphatic carbocycles. The maximum absolute atomic E-state index is 14.0. The number of benzene rings is 2. The highest BCUT2D eigenvalue weighted by Gasteiger charge is 2.41. The Balaban J connectivity index is 1.32. The highest BCUT2D eigenvalue weighted by molar-refractivity contribution is 6.04. The Morgan fingerprint density at radius 3 is 2.38 bits per heavy atom. The number of carbonyl (C=O) groups excluding carboxylic acids is 2. The summed E-state index contributed by atoms with van der Waals surface area (Å²) in [6.45, 7) is 5.96. The van der Waals surface area contributed by atoms with Gasteiger partial charge in [-0.15, -0.1) is 0 Å². The lowest BCUT2D eigenvalue weighted by molar-refractivity contribution is -0.142. The number of ether oxygens (including phenoxy) is 3. The normalized spacial score (nSPS) is 24.4. The molecule has 2 aromatic rings. The van der Waals surface area contributed by atoms with Crippen LogP contribution in [0.2, 0.25) is 0 Å². The highest BCUT2D eigenvalue weighted by Crippen LogP contribution is 2.46. The van der Waals surface area contributed by atoms with E-state index in [1.54, 1.807) is 0 Å². The Kier molecular flexibility index (Phi) is 8.36. The molecule has 1 N–H and O–H groups in total. The van der Waals surface area contributed by atoms with Crippen molar-refractivity contribution in [1.82, 2.24) is 5.32 Å². The number of anilines is 2. The fourth-order valence-corrected chi connectivity index (χ4v) is 6.64. The molecular weight excluding hydrogens is 530 g/mol. The lowest BCUT2D eigenvalue weighted by atomic mass is 9.71. The predicted molar refractivity (Wildman–Crippen MR) is 163 cm³/mol. The number of hydrogen-bond donors (Lipinski definition) is 1. The summed E-state index contributed by atoms with van der Waals surface area (Å²) in [6, 6.07) is 16.8. The van der Waals surface area contributed by atoms with Crippen LogP contribution >= 0.6 is 0 Å². The summed E-state index contributed by atoms with van der Waals surface area (Å²) in [5.41, 5.74) is 7.15. The smallest absolute Gasteiger partial charge is 0.336 e. The number of carbonyl (C=O) groups is 2. The quantitative estimate of drug-likeness (QED) is 0.481. The van der Waals surface area contributed by atoms with Crippen molar-refractivity contribution in [3.8, 4) is 0 Å². The van der Waals surface area contributed by atoms with Crippen LogP contribution in [0, 0.1) is 0 Å². The van der Waals surface area contributed by atoms with Gasteiger partial charge in [-0.25, -0.2) is 4.79 Å². The van der Waals surface area contributed by atoms with Gasteiger partial charge < -0.3 is 29.3 Å². The van der Waals surface area contributed by atoms with E-state index in [9.17, 15) is 9.59 Å². The molecular formula is C34H41N3O5. The molecule has 2 aromatic carbocycles. The van der Waals surface area contributed by atoms with Crippen LogP contribution < -0.4 is 15.1 Å². The molecule has 0 aromatic heterocycles. The van der Waals surface area contributed by atoms with Crippen LogP contribution in [0.25, 0.3) is 0 Å². The van der Waals surface area contributed by atoms with Crippen molar-refractivity contribution < 1.29 is 23.8 Å². The summed E-state index contributed by atoms with van der Waals surface area (Å²) < 4.78 is 17.0. The summed E-state index contributed by atoms with van der Waals surface area (Å²) in [4.78, 5) is 32.1. The van der Waals surface area contributed by atoms with E-state index in [0.717, 1.165) is 59.8 Å². The van der Waals surface area contributed by atoms with Gasteiger partial charge >= 0.3 is 5.97 Å². The molecule has 4 aliphatic rings. The minimum absolute atomic E-state index is 0.0663. The molecule has 3 atom stereocenters. The average molecular weight is 572 g/mol. The first-order valence-electron chi connectivity index (χ1n) is 15.1. The van der Waals surface area contributed by atoms with E-state index < -0.39 is 11.9 Å². The lowest BCUT2D eigenvalue weighted by Crippen LogP contribution is -2.37. The molecule has 8 heteroatoms. The molecule has 2 saturated heterocycles. The Labute approximate surface area is 248 Å². The van der Waals surface area contributed by atoms with Crippen molar-refractivity contribution in [1.29, 1.82) is 0 Å². The van der Waals surface area contributed by atoms with Crippen LogP contribution in [0.1, 0.15) is 55.6 Å². The van der Waals surface area contributed by atoms with Crippen LogP contribution in [0.3, 0.4) is 0 Å². The first-order chi connectivity index (χ1) is 20.4. The third-order valence-electron chi connectivity index (χ3n) is 8.96. The first kappa shape index (κ1) is 28.5. The van der Waals surface area contributed by atoms with Gasteiger partial charge in [-0.1, -0.05) is 24.3 Å². The van der Waals surface area contributed by atoms with Gasteiger partial charge in [-0.3, -0.25) is 4.79 Å². The minimum Gasteiger partial charge on any atom is -0.459 e. The number of esters is 1. The number of hydrogen-bond acceptors (Lipinski definition) is 8. The number of nitrogens with zero attached hydrogens (tertiary/aromatic N) is 2. The topological polar surface area (TPSA) is 80.3 Å². The van der Waals surface area contributed by atoms with Gasteiger partial charge in [0, 0.05) is 74.5 Å². The van der Waals surface area contributed by atoms with Crippen molar-refractivity contribution in [2.75, 3.05) is 63.4 Å². The zero-order valence-electron chi connectivity index (χ0n) is 24.9. The highest BCUT2D eigenvalue weighted by atomic mass is 16.6. The van der Waals surface area contributed by atoms with Gasteiger partial charge in [0.1, 0.15) is 6.61 Å². The summed E-state index contributed by atoms with van der Waals surface area (Å²) in [6.07, 6.45) is 2.92. The Morgan fingerprint density at radius 2 is 1.71 bits per heavy atom. The Hall–Kier alpha value is -3.62. The van der Waals surface area contributed by atoms with Crippen LogP contribution in [0.15, 0.2) is 71.1 Å². The summed E-state index contributed by atoms with van der Waals surface area (Å²) >= 11 is 0. The SMILES string of the molecule is CC1=C(C(=O)OC[C@@H]2CCCO2)[C@@H](c2ccc(N3CCOCC3)cc2)C2=C(C[C@@H](c3ccc(N(C)C)cc3)CC2=O)N1. The van der Waals surface area contributed by atoms with E-state index in [0.29, 0.717) is 43.8 Å². The van der Waals surface area contributed by atoms with Gasteiger partial charge in [-0.2, -0.15) is 0 Å². The zero-order valence-corrected chi connectivity index (χ0v) is 24.9. The van der Waals surface area contributed by atoms with Crippen molar-refractivity contribution >= 4 is 23.1 Å². The minimum atomic E-state index is -0.485. The molecule has 3 heterocycles. The van der Waals surface area contributed by atoms with Crippen molar-refractivity contribution in [2.45, 2.75) is 50.5 Å². The second kappa shape index (κ2) is 12.3. The standard InChI is InChI=1S/C34H41N3O5/c1-22-31(34(39)42-21-28-5-4-16-41-28)32(24-8-12-27(13-9-24)37-14-17-40-18-15-37)33-29(35-22)19-25(20-30(33)38)23-6-10-26(11-7-23)36(2)3/h6-13,25,28,32,35H,4-5,14-21H2,1-3H3/t25-,28+,32-/m1/s1. The number of allylic oxidation sites excluding steroid dienone is 3. The molecule has 42 heavy (non-hydrogen) atoms. The van der Waals surface area contributed by atoms with E-state index in [2.05, 4.69) is 63.6 Å². The van der Waals surface area contributed by atoms with E-state index in [4.69, 9.17) is 14.2 Å². The molecule has 0 bridgehead atoms. The Bertz CT molecular complexity index is 1370. The van der Waals surface area contributed by atoms with Gasteiger partial charge in [0.25, 0.3) is 0 Å².